The molecular weight excluding hydrogens is 418 g/mol. The van der Waals surface area contributed by atoms with E-state index in [0.717, 1.165) is 72.3 Å². The molecule has 0 spiro atoms. The van der Waals surface area contributed by atoms with Crippen LogP contribution in [0.3, 0.4) is 0 Å². The molecule has 2 atom stereocenters. The van der Waals surface area contributed by atoms with Gasteiger partial charge in [-0.2, -0.15) is 0 Å². The Morgan fingerprint density at radius 3 is 2.67 bits per heavy atom. The second-order valence-electron chi connectivity index (χ2n) is 8.31. The van der Waals surface area contributed by atoms with Gasteiger partial charge in [-0.3, -0.25) is 9.11 Å². The summed E-state index contributed by atoms with van der Waals surface area (Å²) in [4.78, 5) is 14.2. The number of aromatic nitrogens is 3. The van der Waals surface area contributed by atoms with Gasteiger partial charge in [-0.05, 0) is 40.0 Å². The van der Waals surface area contributed by atoms with E-state index in [1.165, 1.54) is 0 Å². The van der Waals surface area contributed by atoms with Gasteiger partial charge in [0.05, 0.1) is 16.1 Å². The van der Waals surface area contributed by atoms with Gasteiger partial charge in [0.25, 0.3) is 0 Å². The van der Waals surface area contributed by atoms with Gasteiger partial charge in [-0.15, -0.1) is 0 Å². The lowest BCUT2D eigenvalue weighted by atomic mass is 10.2. The van der Waals surface area contributed by atoms with Crippen molar-refractivity contribution >= 4 is 43.8 Å². The number of para-hydroxylation sites is 2. The van der Waals surface area contributed by atoms with Crippen molar-refractivity contribution in [1.82, 2.24) is 19.4 Å². The summed E-state index contributed by atoms with van der Waals surface area (Å²) >= 11 is 6.53. The van der Waals surface area contributed by atoms with Crippen molar-refractivity contribution in [2.75, 3.05) is 42.6 Å². The van der Waals surface area contributed by atoms with Crippen LogP contribution in [0.4, 0.5) is 5.82 Å². The van der Waals surface area contributed by atoms with Crippen molar-refractivity contribution in [3.63, 3.8) is 0 Å². The zero-order valence-corrected chi connectivity index (χ0v) is 18.7. The molecule has 30 heavy (non-hydrogen) atoms. The van der Waals surface area contributed by atoms with Gasteiger partial charge >= 0.3 is 0 Å². The molecule has 2 fully saturated rings. The first kappa shape index (κ1) is 19.8. The van der Waals surface area contributed by atoms with E-state index in [0.29, 0.717) is 11.1 Å². The summed E-state index contributed by atoms with van der Waals surface area (Å²) in [6.07, 6.45) is 2.73. The number of piperazine rings is 1. The van der Waals surface area contributed by atoms with Crippen LogP contribution in [0.2, 0.25) is 5.02 Å². The number of anilines is 1. The number of aryl methyl sites for hydroxylation is 1. The molecule has 6 nitrogen and oxygen atoms in total. The first-order valence-electron chi connectivity index (χ1n) is 10.3. The molecule has 0 aliphatic carbocycles. The summed E-state index contributed by atoms with van der Waals surface area (Å²) in [5.74, 6) is 7.18. The SMILES string of the molecule is C=S1(=O)CCC(N2CCN(c3cc(-c4nc5ccccc5n4C)c(Cl)cn3)CC2)C1. The number of hydrogen-bond donors (Lipinski definition) is 0. The number of rotatable bonds is 3. The minimum atomic E-state index is -1.86. The molecule has 8 heteroatoms. The third-order valence-corrected chi connectivity index (χ3v) is 8.62. The molecule has 2 saturated heterocycles. The van der Waals surface area contributed by atoms with Crippen LogP contribution in [0.1, 0.15) is 6.42 Å². The van der Waals surface area contributed by atoms with Crippen LogP contribution in [-0.4, -0.2) is 73.2 Å². The van der Waals surface area contributed by atoms with E-state index in [2.05, 4.69) is 37.4 Å². The molecule has 4 heterocycles. The Labute approximate surface area is 182 Å². The summed E-state index contributed by atoms with van der Waals surface area (Å²) in [5.41, 5.74) is 2.93. The minimum Gasteiger partial charge on any atom is -0.354 e. The predicted octanol–water partition coefficient (Wildman–Crippen LogP) is 2.90. The van der Waals surface area contributed by atoms with Gasteiger partial charge in [0.1, 0.15) is 11.6 Å². The maximum Gasteiger partial charge on any atom is 0.142 e. The van der Waals surface area contributed by atoms with E-state index >= 15 is 0 Å². The number of benzene rings is 1. The molecule has 0 N–H and O–H groups in total. The second kappa shape index (κ2) is 7.55. The summed E-state index contributed by atoms with van der Waals surface area (Å²) < 4.78 is 14.3. The average Bonchev–Trinajstić information content (AvgIpc) is 3.28. The van der Waals surface area contributed by atoms with Crippen LogP contribution in [0.15, 0.2) is 36.5 Å². The highest BCUT2D eigenvalue weighted by Gasteiger charge is 2.31. The van der Waals surface area contributed by atoms with Gasteiger partial charge in [-0.25, -0.2) is 9.97 Å². The maximum atomic E-state index is 12.2. The zero-order chi connectivity index (χ0) is 20.9. The van der Waals surface area contributed by atoms with Crippen molar-refractivity contribution in [2.45, 2.75) is 12.5 Å². The van der Waals surface area contributed by atoms with E-state index < -0.39 is 9.52 Å². The van der Waals surface area contributed by atoms with Crippen LogP contribution >= 0.6 is 11.6 Å². The normalized spacial score (nSPS) is 25.3. The van der Waals surface area contributed by atoms with E-state index in [1.807, 2.05) is 25.2 Å². The zero-order valence-electron chi connectivity index (χ0n) is 17.1. The van der Waals surface area contributed by atoms with Gasteiger partial charge in [0, 0.05) is 62.5 Å². The molecule has 2 unspecified atom stereocenters. The van der Waals surface area contributed by atoms with Gasteiger partial charge < -0.3 is 9.47 Å². The van der Waals surface area contributed by atoms with Crippen LogP contribution in [-0.2, 0) is 16.6 Å². The Kier molecular flexibility index (Phi) is 5.00. The van der Waals surface area contributed by atoms with Gasteiger partial charge in [-0.1, -0.05) is 23.7 Å². The second-order valence-corrected chi connectivity index (χ2v) is 11.4. The molecule has 3 aromatic rings. The molecule has 1 aromatic carbocycles. The third-order valence-electron chi connectivity index (χ3n) is 6.34. The van der Waals surface area contributed by atoms with E-state index in [4.69, 9.17) is 16.6 Å². The lowest BCUT2D eigenvalue weighted by Crippen LogP contribution is -2.51. The van der Waals surface area contributed by atoms with Crippen molar-refractivity contribution in [1.29, 1.82) is 0 Å². The molecule has 2 aromatic heterocycles. The van der Waals surface area contributed by atoms with Gasteiger partial charge in [0.2, 0.25) is 0 Å². The van der Waals surface area contributed by atoms with Crippen LogP contribution in [0.25, 0.3) is 22.4 Å². The molecule has 2 aliphatic rings. The fraction of sp³-hybridized carbons (Fsp3) is 0.409. The Balaban J connectivity index is 1.37. The topological polar surface area (TPSA) is 54.3 Å². The summed E-state index contributed by atoms with van der Waals surface area (Å²) in [6.45, 7) is 3.69. The summed E-state index contributed by atoms with van der Waals surface area (Å²) in [6, 6.07) is 10.6. The van der Waals surface area contributed by atoms with Gasteiger partial charge in [0.15, 0.2) is 0 Å². The number of halogens is 1. The predicted molar refractivity (Wildman–Crippen MR) is 126 cm³/mol. The first-order valence-corrected chi connectivity index (χ1v) is 12.7. The van der Waals surface area contributed by atoms with E-state index in [9.17, 15) is 4.21 Å². The number of nitrogens with zero attached hydrogens (tertiary/aromatic N) is 5. The Morgan fingerprint density at radius 1 is 1.20 bits per heavy atom. The Morgan fingerprint density at radius 2 is 1.97 bits per heavy atom. The average molecular weight is 444 g/mol. The minimum absolute atomic E-state index is 0.408. The van der Waals surface area contributed by atoms with Crippen molar-refractivity contribution in [2.24, 2.45) is 7.05 Å². The quantitative estimate of drug-likeness (QED) is 0.582. The fourth-order valence-electron chi connectivity index (χ4n) is 4.63. The fourth-order valence-corrected chi connectivity index (χ4v) is 6.77. The molecule has 0 radical (unpaired) electrons. The molecule has 5 rings (SSSR count). The Bertz CT molecular complexity index is 1200. The summed E-state index contributed by atoms with van der Waals surface area (Å²) in [7, 11) is 0.158. The highest BCUT2D eigenvalue weighted by atomic mass is 35.5. The van der Waals surface area contributed by atoms with E-state index in [-0.39, 0.29) is 0 Å². The lowest BCUT2D eigenvalue weighted by molar-refractivity contribution is 0.200. The number of imidazole rings is 1. The van der Waals surface area contributed by atoms with Crippen LogP contribution < -0.4 is 4.90 Å². The monoisotopic (exact) mass is 443 g/mol. The van der Waals surface area contributed by atoms with Crippen LogP contribution in [0.5, 0.6) is 0 Å². The Hall–Kier alpha value is -2.09. The van der Waals surface area contributed by atoms with Crippen molar-refractivity contribution in [3.8, 4) is 11.4 Å². The van der Waals surface area contributed by atoms with E-state index in [1.54, 1.807) is 6.20 Å². The lowest BCUT2D eigenvalue weighted by Gasteiger charge is -2.38. The van der Waals surface area contributed by atoms with Crippen molar-refractivity contribution in [3.05, 3.63) is 41.6 Å². The standard InChI is InChI=1S/C22H26ClN5OS/c1-26-20-6-4-3-5-19(20)25-22(26)17-13-21(24-14-18(17)23)28-10-8-27(9-11-28)16-7-12-30(2,29)15-16/h3-6,13-14,16H,2,7-12,15H2,1H3. The molecule has 2 aliphatic heterocycles. The first-order chi connectivity index (χ1) is 14.4. The summed E-state index contributed by atoms with van der Waals surface area (Å²) in [5, 5.41) is 0.604. The number of pyridine rings is 1. The third kappa shape index (κ3) is 3.59. The highest BCUT2D eigenvalue weighted by Crippen LogP contribution is 2.32. The molecule has 0 saturated carbocycles. The largest absolute Gasteiger partial charge is 0.354 e. The maximum absolute atomic E-state index is 12.2. The molecule has 158 valence electrons. The van der Waals surface area contributed by atoms with Crippen molar-refractivity contribution < 1.29 is 4.21 Å². The highest BCUT2D eigenvalue weighted by molar-refractivity contribution is 8.00. The molecule has 0 amide bonds. The number of fused-ring (bicyclic) bond motifs is 1. The molecule has 0 bridgehead atoms. The van der Waals surface area contributed by atoms with Crippen LogP contribution in [0, 0.1) is 0 Å². The number of hydrogen-bond acceptors (Lipinski definition) is 5. The smallest absolute Gasteiger partial charge is 0.142 e. The molecular formula is C22H26ClN5OS.